The maximum atomic E-state index is 12.3. The number of primary amides is 1. The topological polar surface area (TPSA) is 72.6 Å². The maximum Gasteiger partial charge on any atom is 0.229 e. The van der Waals surface area contributed by atoms with Crippen LogP contribution in [0.3, 0.4) is 0 Å². The molecular weight excluding hydrogens is 326 g/mol. The van der Waals surface area contributed by atoms with Gasteiger partial charge in [-0.2, -0.15) is 0 Å². The van der Waals surface area contributed by atoms with Crippen LogP contribution >= 0.6 is 0 Å². The standard InChI is InChI=1S/C22H31NO3/c1-21(2)10-6-11-22(25,14-21)13-18-16(9-12-26-3)15-7-4-5-8-17(15)19(18)20(23)24/h4-5,7-8,19,25H,6,9-14H2,1-3H3,(H2,23,24). The summed E-state index contributed by atoms with van der Waals surface area (Å²) in [7, 11) is 1.68. The van der Waals surface area contributed by atoms with Gasteiger partial charge in [0.15, 0.2) is 0 Å². The van der Waals surface area contributed by atoms with Crippen LogP contribution in [0.1, 0.15) is 69.4 Å². The molecule has 1 aromatic carbocycles. The quantitative estimate of drug-likeness (QED) is 0.814. The third-order valence-electron chi connectivity index (χ3n) is 6.00. The van der Waals surface area contributed by atoms with Crippen molar-refractivity contribution < 1.29 is 14.6 Å². The fourth-order valence-electron chi connectivity index (χ4n) is 5.06. The molecule has 0 spiro atoms. The minimum absolute atomic E-state index is 0.119. The van der Waals surface area contributed by atoms with Crippen LogP contribution in [0.25, 0.3) is 5.57 Å². The number of benzene rings is 1. The molecule has 1 fully saturated rings. The van der Waals surface area contributed by atoms with Gasteiger partial charge in [-0.05, 0) is 59.8 Å². The highest BCUT2D eigenvalue weighted by Gasteiger charge is 2.43. The lowest BCUT2D eigenvalue weighted by molar-refractivity contribution is -0.118. The summed E-state index contributed by atoms with van der Waals surface area (Å²) in [5.74, 6) is -0.773. The van der Waals surface area contributed by atoms with Crippen LogP contribution in [-0.2, 0) is 9.53 Å². The van der Waals surface area contributed by atoms with E-state index in [2.05, 4.69) is 19.9 Å². The minimum atomic E-state index is -0.773. The molecule has 1 amide bonds. The molecule has 0 aromatic heterocycles. The molecular formula is C22H31NO3. The van der Waals surface area contributed by atoms with Crippen LogP contribution in [0.2, 0.25) is 0 Å². The number of aliphatic hydroxyl groups is 1. The third kappa shape index (κ3) is 3.72. The Hall–Kier alpha value is -1.65. The highest BCUT2D eigenvalue weighted by atomic mass is 16.5. The summed E-state index contributed by atoms with van der Waals surface area (Å²) in [4.78, 5) is 12.3. The fraction of sp³-hybridized carbons (Fsp3) is 0.591. The van der Waals surface area contributed by atoms with Crippen molar-refractivity contribution in [2.24, 2.45) is 11.1 Å². The predicted octanol–water partition coefficient (Wildman–Crippen LogP) is 3.78. The van der Waals surface area contributed by atoms with Crippen LogP contribution in [0.15, 0.2) is 29.8 Å². The van der Waals surface area contributed by atoms with E-state index in [0.29, 0.717) is 13.0 Å². The van der Waals surface area contributed by atoms with Crippen molar-refractivity contribution in [1.29, 1.82) is 0 Å². The Labute approximate surface area is 156 Å². The number of carbonyl (C=O) groups is 1. The lowest BCUT2D eigenvalue weighted by Crippen LogP contribution is -2.40. The van der Waals surface area contributed by atoms with Crippen LogP contribution in [-0.4, -0.2) is 30.3 Å². The van der Waals surface area contributed by atoms with Gasteiger partial charge in [-0.1, -0.05) is 44.5 Å². The molecule has 1 aromatic rings. The molecule has 3 N–H and O–H groups in total. The third-order valence-corrected chi connectivity index (χ3v) is 6.00. The van der Waals surface area contributed by atoms with Gasteiger partial charge in [0.1, 0.15) is 0 Å². The first-order valence-corrected chi connectivity index (χ1v) is 9.58. The summed E-state index contributed by atoms with van der Waals surface area (Å²) in [6, 6.07) is 7.98. The van der Waals surface area contributed by atoms with E-state index in [1.54, 1.807) is 7.11 Å². The lowest BCUT2D eigenvalue weighted by Gasteiger charge is -2.42. The number of carbonyl (C=O) groups excluding carboxylic acids is 1. The van der Waals surface area contributed by atoms with E-state index in [1.165, 1.54) is 0 Å². The molecule has 26 heavy (non-hydrogen) atoms. The van der Waals surface area contributed by atoms with Crippen molar-refractivity contribution in [3.63, 3.8) is 0 Å². The first-order chi connectivity index (χ1) is 12.3. The van der Waals surface area contributed by atoms with E-state index in [4.69, 9.17) is 10.5 Å². The second-order valence-corrected chi connectivity index (χ2v) is 8.76. The van der Waals surface area contributed by atoms with E-state index in [1.807, 2.05) is 18.2 Å². The molecule has 0 heterocycles. The van der Waals surface area contributed by atoms with Gasteiger partial charge in [-0.25, -0.2) is 0 Å². The van der Waals surface area contributed by atoms with Crippen LogP contribution < -0.4 is 5.73 Å². The Morgan fingerprint density at radius 3 is 2.69 bits per heavy atom. The molecule has 2 atom stereocenters. The van der Waals surface area contributed by atoms with Gasteiger partial charge in [0.2, 0.25) is 5.91 Å². The average molecular weight is 357 g/mol. The van der Waals surface area contributed by atoms with Gasteiger partial charge < -0.3 is 15.6 Å². The zero-order valence-corrected chi connectivity index (χ0v) is 16.2. The number of nitrogens with two attached hydrogens (primary N) is 1. The molecule has 2 aliphatic carbocycles. The molecule has 0 saturated heterocycles. The zero-order chi connectivity index (χ0) is 18.9. The molecule has 2 aliphatic rings. The molecule has 0 bridgehead atoms. The molecule has 4 heteroatoms. The van der Waals surface area contributed by atoms with Gasteiger partial charge in [0, 0.05) is 7.11 Å². The molecule has 142 valence electrons. The van der Waals surface area contributed by atoms with Crippen molar-refractivity contribution in [3.8, 4) is 0 Å². The Bertz CT molecular complexity index is 722. The largest absolute Gasteiger partial charge is 0.390 e. The summed E-state index contributed by atoms with van der Waals surface area (Å²) in [5, 5.41) is 11.4. The molecule has 4 nitrogen and oxygen atoms in total. The van der Waals surface area contributed by atoms with Crippen molar-refractivity contribution in [3.05, 3.63) is 41.0 Å². The number of ether oxygens (including phenoxy) is 1. The Morgan fingerprint density at radius 2 is 2.04 bits per heavy atom. The number of hydrogen-bond donors (Lipinski definition) is 2. The van der Waals surface area contributed by atoms with Gasteiger partial charge in [0.25, 0.3) is 0 Å². The van der Waals surface area contributed by atoms with E-state index < -0.39 is 11.5 Å². The maximum absolute atomic E-state index is 12.3. The average Bonchev–Trinajstić information content (AvgIpc) is 2.84. The minimum Gasteiger partial charge on any atom is -0.390 e. The molecule has 2 unspecified atom stereocenters. The Kier molecular flexibility index (Phi) is 5.27. The van der Waals surface area contributed by atoms with Gasteiger partial charge in [-0.3, -0.25) is 4.79 Å². The monoisotopic (exact) mass is 357 g/mol. The second-order valence-electron chi connectivity index (χ2n) is 8.76. The molecule has 3 rings (SSSR count). The lowest BCUT2D eigenvalue weighted by atomic mass is 9.67. The van der Waals surface area contributed by atoms with Gasteiger partial charge in [0.05, 0.1) is 18.1 Å². The first kappa shape index (κ1) is 19.1. The highest BCUT2D eigenvalue weighted by molar-refractivity contribution is 5.94. The normalized spacial score (nSPS) is 27.5. The summed E-state index contributed by atoms with van der Waals surface area (Å²) in [6.07, 6.45) is 4.91. The van der Waals surface area contributed by atoms with Crippen LogP contribution in [0.5, 0.6) is 0 Å². The van der Waals surface area contributed by atoms with E-state index in [-0.39, 0.29) is 11.3 Å². The van der Waals surface area contributed by atoms with Gasteiger partial charge >= 0.3 is 0 Å². The number of amides is 1. The second kappa shape index (κ2) is 7.16. The van der Waals surface area contributed by atoms with E-state index in [9.17, 15) is 9.90 Å². The number of methoxy groups -OCH3 is 1. The Balaban J connectivity index is 2.01. The van der Waals surface area contributed by atoms with Gasteiger partial charge in [-0.15, -0.1) is 0 Å². The summed E-state index contributed by atoms with van der Waals surface area (Å²) in [6.45, 7) is 5.02. The van der Waals surface area contributed by atoms with Crippen molar-refractivity contribution in [1.82, 2.24) is 0 Å². The smallest absolute Gasteiger partial charge is 0.229 e. The van der Waals surface area contributed by atoms with E-state index >= 15 is 0 Å². The van der Waals surface area contributed by atoms with Crippen molar-refractivity contribution in [2.75, 3.05) is 13.7 Å². The SMILES string of the molecule is COCCC1=C(CC2(O)CCCC(C)(C)C2)C(C(N)=O)c2ccccc21. The number of rotatable bonds is 6. The highest BCUT2D eigenvalue weighted by Crippen LogP contribution is 2.50. The van der Waals surface area contributed by atoms with Crippen molar-refractivity contribution in [2.45, 2.75) is 63.9 Å². The van der Waals surface area contributed by atoms with Crippen LogP contribution in [0, 0.1) is 5.41 Å². The van der Waals surface area contributed by atoms with Crippen molar-refractivity contribution >= 4 is 11.5 Å². The number of fused-ring (bicyclic) bond motifs is 1. The number of hydrogen-bond acceptors (Lipinski definition) is 3. The van der Waals surface area contributed by atoms with Crippen LogP contribution in [0.4, 0.5) is 0 Å². The molecule has 0 aliphatic heterocycles. The summed E-state index contributed by atoms with van der Waals surface area (Å²) < 4.78 is 5.30. The first-order valence-electron chi connectivity index (χ1n) is 9.58. The molecule has 0 radical (unpaired) electrons. The predicted molar refractivity (Wildman–Crippen MR) is 104 cm³/mol. The summed E-state index contributed by atoms with van der Waals surface area (Å²) >= 11 is 0. The fourth-order valence-corrected chi connectivity index (χ4v) is 5.06. The zero-order valence-electron chi connectivity index (χ0n) is 16.2. The Morgan fingerprint density at radius 1 is 1.31 bits per heavy atom. The molecule has 1 saturated carbocycles. The van der Waals surface area contributed by atoms with E-state index in [0.717, 1.165) is 54.4 Å². The summed E-state index contributed by atoms with van der Waals surface area (Å²) in [5.41, 5.74) is 9.34.